The molecule has 0 bridgehead atoms. The second kappa shape index (κ2) is 4.47. The van der Waals surface area contributed by atoms with Crippen LogP contribution in [0.5, 0.6) is 0 Å². The Morgan fingerprint density at radius 3 is 2.47 bits per heavy atom. The first-order chi connectivity index (χ1) is 8.34. The average Bonchev–Trinajstić information content (AvgIpc) is 2.80. The van der Waals surface area contributed by atoms with Gasteiger partial charge in [0.05, 0.1) is 12.2 Å². The summed E-state index contributed by atoms with van der Waals surface area (Å²) in [5.74, 6) is 0.714. The third kappa shape index (κ3) is 2.06. The number of hydrogen-bond acceptors (Lipinski definition) is 3. The molecule has 2 fully saturated rings. The van der Waals surface area contributed by atoms with E-state index < -0.39 is 0 Å². The van der Waals surface area contributed by atoms with Crippen LogP contribution in [0, 0.1) is 5.92 Å². The van der Waals surface area contributed by atoms with Gasteiger partial charge in [0.1, 0.15) is 0 Å². The van der Waals surface area contributed by atoms with Crippen molar-refractivity contribution in [3.63, 3.8) is 0 Å². The SMILES string of the molecule is O=C(C1CCC1)N1CCC(n2ccnn2)CC1. The van der Waals surface area contributed by atoms with Crippen molar-refractivity contribution in [1.82, 2.24) is 19.9 Å². The van der Waals surface area contributed by atoms with Gasteiger partial charge in [-0.3, -0.25) is 4.79 Å². The van der Waals surface area contributed by atoms with Crippen LogP contribution in [-0.2, 0) is 4.79 Å². The monoisotopic (exact) mass is 234 g/mol. The summed E-state index contributed by atoms with van der Waals surface area (Å²) < 4.78 is 1.92. The number of nitrogens with zero attached hydrogens (tertiary/aromatic N) is 4. The van der Waals surface area contributed by atoms with Gasteiger partial charge in [-0.05, 0) is 25.7 Å². The van der Waals surface area contributed by atoms with Crippen molar-refractivity contribution < 1.29 is 4.79 Å². The Hall–Kier alpha value is -1.39. The largest absolute Gasteiger partial charge is 0.342 e. The van der Waals surface area contributed by atoms with E-state index in [-0.39, 0.29) is 0 Å². The zero-order valence-electron chi connectivity index (χ0n) is 9.96. The summed E-state index contributed by atoms with van der Waals surface area (Å²) in [6.07, 6.45) is 9.05. The van der Waals surface area contributed by atoms with Gasteiger partial charge in [0.15, 0.2) is 0 Å². The summed E-state index contributed by atoms with van der Waals surface area (Å²) >= 11 is 0. The normalized spacial score (nSPS) is 22.5. The van der Waals surface area contributed by atoms with Crippen molar-refractivity contribution in [2.45, 2.75) is 38.1 Å². The van der Waals surface area contributed by atoms with Crippen molar-refractivity contribution in [3.05, 3.63) is 12.4 Å². The number of carbonyl (C=O) groups excluding carboxylic acids is 1. The van der Waals surface area contributed by atoms with Gasteiger partial charge in [-0.15, -0.1) is 5.10 Å². The molecule has 0 radical (unpaired) electrons. The molecular weight excluding hydrogens is 216 g/mol. The van der Waals surface area contributed by atoms with Gasteiger partial charge in [0.2, 0.25) is 5.91 Å². The molecule has 1 aromatic rings. The van der Waals surface area contributed by atoms with Crippen LogP contribution in [0.3, 0.4) is 0 Å². The lowest BCUT2D eigenvalue weighted by molar-refractivity contribution is -0.139. The minimum atomic E-state index is 0.331. The van der Waals surface area contributed by atoms with E-state index >= 15 is 0 Å². The maximum absolute atomic E-state index is 12.1. The fourth-order valence-corrected chi connectivity index (χ4v) is 2.68. The molecule has 5 heteroatoms. The van der Waals surface area contributed by atoms with Crippen LogP contribution in [-0.4, -0.2) is 38.9 Å². The molecule has 3 rings (SSSR count). The Labute approximate surface area is 101 Å². The van der Waals surface area contributed by atoms with Gasteiger partial charge in [-0.1, -0.05) is 11.6 Å². The molecule has 0 unspecified atom stereocenters. The highest BCUT2D eigenvalue weighted by molar-refractivity contribution is 5.79. The number of piperidine rings is 1. The van der Waals surface area contributed by atoms with E-state index in [0.717, 1.165) is 38.8 Å². The van der Waals surface area contributed by atoms with E-state index in [1.54, 1.807) is 6.20 Å². The molecule has 0 aromatic carbocycles. The molecule has 5 nitrogen and oxygen atoms in total. The van der Waals surface area contributed by atoms with Crippen LogP contribution in [0.1, 0.15) is 38.1 Å². The summed E-state index contributed by atoms with van der Waals surface area (Å²) in [5.41, 5.74) is 0. The lowest BCUT2D eigenvalue weighted by atomic mass is 9.84. The lowest BCUT2D eigenvalue weighted by Gasteiger charge is -2.36. The summed E-state index contributed by atoms with van der Waals surface area (Å²) in [6.45, 7) is 1.75. The first-order valence-electron chi connectivity index (χ1n) is 6.49. The van der Waals surface area contributed by atoms with E-state index in [1.165, 1.54) is 6.42 Å². The maximum atomic E-state index is 12.1. The third-order valence-electron chi connectivity index (χ3n) is 4.05. The van der Waals surface area contributed by atoms with Crippen LogP contribution in [0.4, 0.5) is 0 Å². The number of carbonyl (C=O) groups is 1. The Bertz CT molecular complexity index is 377. The fourth-order valence-electron chi connectivity index (χ4n) is 2.68. The van der Waals surface area contributed by atoms with Crippen molar-refractivity contribution in [2.24, 2.45) is 5.92 Å². The summed E-state index contributed by atoms with van der Waals surface area (Å²) in [5, 5.41) is 7.87. The van der Waals surface area contributed by atoms with Gasteiger partial charge >= 0.3 is 0 Å². The topological polar surface area (TPSA) is 51.0 Å². The Balaban J connectivity index is 1.55. The molecule has 2 aliphatic rings. The highest BCUT2D eigenvalue weighted by Crippen LogP contribution is 2.30. The van der Waals surface area contributed by atoms with Gasteiger partial charge < -0.3 is 4.90 Å². The van der Waals surface area contributed by atoms with Crippen molar-refractivity contribution >= 4 is 5.91 Å². The minimum Gasteiger partial charge on any atom is -0.342 e. The quantitative estimate of drug-likeness (QED) is 0.773. The van der Waals surface area contributed by atoms with Crippen LogP contribution in [0.15, 0.2) is 12.4 Å². The van der Waals surface area contributed by atoms with E-state index in [4.69, 9.17) is 0 Å². The van der Waals surface area contributed by atoms with E-state index in [1.807, 2.05) is 15.8 Å². The standard InChI is InChI=1S/C12H18N4O/c17-12(10-2-1-3-10)15-7-4-11(5-8-15)16-9-6-13-14-16/h6,9-11H,1-5,7-8H2. The Kier molecular flexibility index (Phi) is 2.82. The smallest absolute Gasteiger partial charge is 0.225 e. The Morgan fingerprint density at radius 1 is 1.18 bits per heavy atom. The molecule has 1 amide bonds. The van der Waals surface area contributed by atoms with Crippen LogP contribution in [0.25, 0.3) is 0 Å². The molecule has 1 saturated heterocycles. The second-order valence-corrected chi connectivity index (χ2v) is 5.07. The molecule has 1 aromatic heterocycles. The van der Waals surface area contributed by atoms with Crippen molar-refractivity contribution in [2.75, 3.05) is 13.1 Å². The number of rotatable bonds is 2. The highest BCUT2D eigenvalue weighted by atomic mass is 16.2. The summed E-state index contributed by atoms with van der Waals surface area (Å²) in [6, 6.07) is 0.419. The number of aromatic nitrogens is 3. The Morgan fingerprint density at radius 2 is 1.94 bits per heavy atom. The first-order valence-corrected chi connectivity index (χ1v) is 6.49. The number of likely N-dealkylation sites (tertiary alicyclic amines) is 1. The van der Waals surface area contributed by atoms with E-state index in [9.17, 15) is 4.79 Å². The molecule has 0 spiro atoms. The fraction of sp³-hybridized carbons (Fsp3) is 0.750. The maximum Gasteiger partial charge on any atom is 0.225 e. The summed E-state index contributed by atoms with van der Waals surface area (Å²) in [7, 11) is 0. The van der Waals surface area contributed by atoms with Gasteiger partial charge in [0.25, 0.3) is 0 Å². The van der Waals surface area contributed by atoms with Crippen LogP contribution >= 0.6 is 0 Å². The van der Waals surface area contributed by atoms with Crippen LogP contribution < -0.4 is 0 Å². The van der Waals surface area contributed by atoms with Gasteiger partial charge in [-0.25, -0.2) is 4.68 Å². The van der Waals surface area contributed by atoms with E-state index in [2.05, 4.69) is 10.3 Å². The molecular formula is C12H18N4O. The van der Waals surface area contributed by atoms with Crippen molar-refractivity contribution in [3.8, 4) is 0 Å². The van der Waals surface area contributed by atoms with Gasteiger partial charge in [0, 0.05) is 25.2 Å². The van der Waals surface area contributed by atoms with Gasteiger partial charge in [-0.2, -0.15) is 0 Å². The third-order valence-corrected chi connectivity index (χ3v) is 4.05. The molecule has 0 atom stereocenters. The zero-order valence-corrected chi connectivity index (χ0v) is 9.96. The van der Waals surface area contributed by atoms with E-state index in [0.29, 0.717) is 17.9 Å². The number of amides is 1. The predicted octanol–water partition coefficient (Wildman–Crippen LogP) is 1.24. The second-order valence-electron chi connectivity index (χ2n) is 5.07. The predicted molar refractivity (Wildman–Crippen MR) is 62.2 cm³/mol. The molecule has 1 aliphatic carbocycles. The van der Waals surface area contributed by atoms with Crippen molar-refractivity contribution in [1.29, 1.82) is 0 Å². The summed E-state index contributed by atoms with van der Waals surface area (Å²) in [4.78, 5) is 14.1. The first kappa shape index (κ1) is 10.7. The average molecular weight is 234 g/mol. The number of hydrogen-bond donors (Lipinski definition) is 0. The zero-order chi connectivity index (χ0) is 11.7. The highest BCUT2D eigenvalue weighted by Gasteiger charge is 2.31. The molecule has 17 heavy (non-hydrogen) atoms. The van der Waals surface area contributed by atoms with Crippen LogP contribution in [0.2, 0.25) is 0 Å². The lowest BCUT2D eigenvalue weighted by Crippen LogP contribution is -2.43. The molecule has 1 saturated carbocycles. The minimum absolute atomic E-state index is 0.331. The molecule has 0 N–H and O–H groups in total. The molecule has 2 heterocycles. The molecule has 92 valence electrons. The molecule has 1 aliphatic heterocycles.